The number of rotatable bonds is 4. The topological polar surface area (TPSA) is 73.1 Å². The minimum absolute atomic E-state index is 0.0376. The number of aromatic nitrogens is 2. The van der Waals surface area contributed by atoms with Gasteiger partial charge in [0.25, 0.3) is 0 Å². The highest BCUT2D eigenvalue weighted by atomic mass is 32.2. The van der Waals surface area contributed by atoms with Crippen molar-refractivity contribution in [3.8, 4) is 0 Å². The Labute approximate surface area is 125 Å². The fraction of sp³-hybridized carbons (Fsp3) is 0.385. The average Bonchev–Trinajstić information content (AvgIpc) is 2.83. The first-order valence-electron chi connectivity index (χ1n) is 6.27. The molecule has 0 N–H and O–H groups in total. The van der Waals surface area contributed by atoms with E-state index in [1.807, 2.05) is 0 Å². The van der Waals surface area contributed by atoms with Crippen LogP contribution in [-0.2, 0) is 21.8 Å². The average molecular weight is 334 g/mol. The van der Waals surface area contributed by atoms with E-state index in [4.69, 9.17) is 4.42 Å². The molecule has 0 aliphatic heterocycles. The second kappa shape index (κ2) is 5.71. The number of halogens is 3. The minimum Gasteiger partial charge on any atom is -0.424 e. The molecule has 1 aromatic carbocycles. The third-order valence-corrected chi connectivity index (χ3v) is 5.09. The standard InChI is InChI=1S/C13H13F3N2O3S/c1-8(12-18-17-9(2)21-12)22(19,20)7-10-3-5-11(6-4-10)13(14,15)16/h3-6,8H,7H2,1-2H3/t8-/m0/s1. The molecule has 1 heterocycles. The van der Waals surface area contributed by atoms with Gasteiger partial charge in [0.1, 0.15) is 5.25 Å². The van der Waals surface area contributed by atoms with Gasteiger partial charge >= 0.3 is 6.18 Å². The van der Waals surface area contributed by atoms with Gasteiger partial charge in [0.05, 0.1) is 11.3 Å². The summed E-state index contributed by atoms with van der Waals surface area (Å²) in [5.74, 6) is -0.204. The van der Waals surface area contributed by atoms with E-state index in [0.717, 1.165) is 24.3 Å². The van der Waals surface area contributed by atoms with E-state index < -0.39 is 32.6 Å². The largest absolute Gasteiger partial charge is 0.424 e. The number of hydrogen-bond acceptors (Lipinski definition) is 5. The first kappa shape index (κ1) is 16.5. The predicted molar refractivity (Wildman–Crippen MR) is 71.5 cm³/mol. The molecule has 0 amide bonds. The fourth-order valence-corrected chi connectivity index (χ4v) is 3.09. The molecule has 0 fully saturated rings. The Morgan fingerprint density at radius 3 is 2.23 bits per heavy atom. The van der Waals surface area contributed by atoms with Crippen LogP contribution in [0.1, 0.15) is 35.1 Å². The third-order valence-electron chi connectivity index (χ3n) is 3.08. The Morgan fingerprint density at radius 2 is 1.77 bits per heavy atom. The zero-order valence-corrected chi connectivity index (χ0v) is 12.6. The van der Waals surface area contributed by atoms with Crippen molar-refractivity contribution in [2.45, 2.75) is 31.0 Å². The summed E-state index contributed by atoms with van der Waals surface area (Å²) >= 11 is 0. The van der Waals surface area contributed by atoms with Crippen LogP contribution < -0.4 is 0 Å². The van der Waals surface area contributed by atoms with Crippen LogP contribution in [0.25, 0.3) is 0 Å². The molecule has 2 aromatic rings. The van der Waals surface area contributed by atoms with E-state index in [1.54, 1.807) is 0 Å². The maximum atomic E-state index is 12.5. The van der Waals surface area contributed by atoms with Crippen molar-refractivity contribution in [2.75, 3.05) is 0 Å². The second-order valence-corrected chi connectivity index (χ2v) is 7.12. The molecule has 1 aromatic heterocycles. The Bertz CT molecular complexity index is 752. The second-order valence-electron chi connectivity index (χ2n) is 4.80. The lowest BCUT2D eigenvalue weighted by atomic mass is 10.1. The molecule has 5 nitrogen and oxygen atoms in total. The summed E-state index contributed by atoms with van der Waals surface area (Å²) in [7, 11) is -3.68. The number of nitrogens with zero attached hydrogens (tertiary/aromatic N) is 2. The van der Waals surface area contributed by atoms with Crippen molar-refractivity contribution >= 4 is 9.84 Å². The zero-order chi connectivity index (χ0) is 16.5. The molecule has 0 spiro atoms. The van der Waals surface area contributed by atoms with E-state index in [1.165, 1.54) is 13.8 Å². The van der Waals surface area contributed by atoms with Crippen molar-refractivity contribution in [1.29, 1.82) is 0 Å². The van der Waals surface area contributed by atoms with Crippen LogP contribution in [0, 0.1) is 6.92 Å². The molecule has 0 saturated heterocycles. The highest BCUT2D eigenvalue weighted by molar-refractivity contribution is 7.90. The van der Waals surface area contributed by atoms with Crippen molar-refractivity contribution in [2.24, 2.45) is 0 Å². The summed E-state index contributed by atoms with van der Waals surface area (Å²) in [5.41, 5.74) is -0.565. The lowest BCUT2D eigenvalue weighted by Crippen LogP contribution is -2.13. The van der Waals surface area contributed by atoms with Gasteiger partial charge in [0, 0.05) is 6.92 Å². The highest BCUT2D eigenvalue weighted by Gasteiger charge is 2.31. The van der Waals surface area contributed by atoms with Crippen LogP contribution in [0.4, 0.5) is 13.2 Å². The van der Waals surface area contributed by atoms with Crippen molar-refractivity contribution in [3.63, 3.8) is 0 Å². The highest BCUT2D eigenvalue weighted by Crippen LogP contribution is 2.30. The summed E-state index contributed by atoms with van der Waals surface area (Å²) in [6.07, 6.45) is -4.45. The molecule has 9 heteroatoms. The van der Waals surface area contributed by atoms with E-state index in [9.17, 15) is 21.6 Å². The van der Waals surface area contributed by atoms with Crippen LogP contribution in [0.3, 0.4) is 0 Å². The number of benzene rings is 1. The maximum Gasteiger partial charge on any atom is 0.416 e. The predicted octanol–water partition coefficient (Wildman–Crippen LogP) is 3.07. The number of sulfone groups is 1. The molecule has 0 aliphatic carbocycles. The van der Waals surface area contributed by atoms with E-state index in [0.29, 0.717) is 0 Å². The molecule has 0 aliphatic rings. The first-order valence-corrected chi connectivity index (χ1v) is 7.99. The lowest BCUT2D eigenvalue weighted by Gasteiger charge is -2.10. The van der Waals surface area contributed by atoms with Crippen molar-refractivity contribution in [1.82, 2.24) is 10.2 Å². The van der Waals surface area contributed by atoms with Crippen LogP contribution in [0.5, 0.6) is 0 Å². The molecule has 120 valence electrons. The van der Waals surface area contributed by atoms with Crippen molar-refractivity contribution in [3.05, 3.63) is 47.2 Å². The molecule has 0 bridgehead atoms. The van der Waals surface area contributed by atoms with Crippen LogP contribution in [-0.4, -0.2) is 18.6 Å². The van der Waals surface area contributed by atoms with Gasteiger partial charge in [-0.2, -0.15) is 13.2 Å². The Balaban J connectivity index is 2.18. The molecule has 1 atom stereocenters. The van der Waals surface area contributed by atoms with Gasteiger partial charge in [-0.3, -0.25) is 0 Å². The van der Waals surface area contributed by atoms with Gasteiger partial charge < -0.3 is 4.42 Å². The normalized spacial score (nSPS) is 14.0. The van der Waals surface area contributed by atoms with Gasteiger partial charge in [-0.15, -0.1) is 10.2 Å². The summed E-state index contributed by atoms with van der Waals surface area (Å²) in [6.45, 7) is 2.93. The zero-order valence-electron chi connectivity index (χ0n) is 11.8. The molecule has 0 saturated carbocycles. The number of aryl methyl sites for hydroxylation is 1. The third kappa shape index (κ3) is 3.65. The number of hydrogen-bond donors (Lipinski definition) is 0. The van der Waals surface area contributed by atoms with Gasteiger partial charge in [-0.05, 0) is 24.6 Å². The van der Waals surface area contributed by atoms with Gasteiger partial charge in [-0.1, -0.05) is 12.1 Å². The SMILES string of the molecule is Cc1nnc([C@H](C)S(=O)(=O)Cc2ccc(C(F)(F)F)cc2)o1. The molecular formula is C13H13F3N2O3S. The Kier molecular flexibility index (Phi) is 4.28. The Hall–Kier alpha value is -1.90. The van der Waals surface area contributed by atoms with Crippen LogP contribution in [0.15, 0.2) is 28.7 Å². The van der Waals surface area contributed by atoms with Gasteiger partial charge in [0.15, 0.2) is 9.84 Å². The summed E-state index contributed by atoms with van der Waals surface area (Å²) < 4.78 is 67.0. The maximum absolute atomic E-state index is 12.5. The number of alkyl halides is 3. The minimum atomic E-state index is -4.45. The fourth-order valence-electron chi connectivity index (χ4n) is 1.78. The summed E-state index contributed by atoms with van der Waals surface area (Å²) in [4.78, 5) is 0. The lowest BCUT2D eigenvalue weighted by molar-refractivity contribution is -0.137. The summed E-state index contributed by atoms with van der Waals surface area (Å²) in [5, 5.41) is 6.18. The van der Waals surface area contributed by atoms with Gasteiger partial charge in [-0.25, -0.2) is 8.42 Å². The van der Waals surface area contributed by atoms with Crippen LogP contribution >= 0.6 is 0 Å². The smallest absolute Gasteiger partial charge is 0.416 e. The molecule has 0 radical (unpaired) electrons. The molecule has 0 unspecified atom stereocenters. The molecule has 2 rings (SSSR count). The Morgan fingerprint density at radius 1 is 1.18 bits per heavy atom. The van der Waals surface area contributed by atoms with Gasteiger partial charge in [0.2, 0.25) is 11.8 Å². The van der Waals surface area contributed by atoms with E-state index >= 15 is 0 Å². The van der Waals surface area contributed by atoms with E-state index in [2.05, 4.69) is 10.2 Å². The molecule has 22 heavy (non-hydrogen) atoms. The quantitative estimate of drug-likeness (QED) is 0.859. The summed E-state index contributed by atoms with van der Waals surface area (Å²) in [6, 6.07) is 4.00. The first-order chi connectivity index (χ1) is 10.1. The molecular weight excluding hydrogens is 321 g/mol. The van der Waals surface area contributed by atoms with E-state index in [-0.39, 0.29) is 17.3 Å². The van der Waals surface area contributed by atoms with Crippen LogP contribution in [0.2, 0.25) is 0 Å². The monoisotopic (exact) mass is 334 g/mol. The van der Waals surface area contributed by atoms with Crippen molar-refractivity contribution < 1.29 is 26.0 Å².